The smallest absolute Gasteiger partial charge is 0.256 e. The molecule has 0 atom stereocenters. The molecule has 90 valence electrons. The Balaban J connectivity index is 2.24. The predicted octanol–water partition coefficient (Wildman–Crippen LogP) is 0.899. The van der Waals surface area contributed by atoms with Crippen molar-refractivity contribution in [1.82, 2.24) is 15.1 Å². The van der Waals surface area contributed by atoms with Gasteiger partial charge in [-0.05, 0) is 26.3 Å². The Hall–Kier alpha value is -1.78. The van der Waals surface area contributed by atoms with E-state index in [1.165, 1.54) is 0 Å². The van der Waals surface area contributed by atoms with E-state index in [0.717, 1.165) is 6.42 Å². The summed E-state index contributed by atoms with van der Waals surface area (Å²) in [4.78, 5) is 25.2. The summed E-state index contributed by atoms with van der Waals surface area (Å²) in [5.74, 6) is 0.00883. The lowest BCUT2D eigenvalue weighted by Gasteiger charge is -2.26. The second-order valence-electron chi connectivity index (χ2n) is 4.35. The standard InChI is InChI=1S/C12H15N3O2/c1-8-6-11(9(2)14-13-8)12(17)15-5-3-4-10(16)7-15/h6H,3-5,7H2,1-2H3. The van der Waals surface area contributed by atoms with Crippen molar-refractivity contribution in [3.63, 3.8) is 0 Å². The normalized spacial score (nSPS) is 16.1. The summed E-state index contributed by atoms with van der Waals surface area (Å²) < 4.78 is 0. The highest BCUT2D eigenvalue weighted by Gasteiger charge is 2.24. The van der Waals surface area contributed by atoms with Gasteiger partial charge >= 0.3 is 0 Å². The molecule has 2 heterocycles. The van der Waals surface area contributed by atoms with Crippen molar-refractivity contribution in [1.29, 1.82) is 0 Å². The summed E-state index contributed by atoms with van der Waals surface area (Å²) in [6.07, 6.45) is 1.33. The number of rotatable bonds is 1. The molecule has 0 radical (unpaired) electrons. The second kappa shape index (κ2) is 4.61. The van der Waals surface area contributed by atoms with Crippen LogP contribution in [0.2, 0.25) is 0 Å². The van der Waals surface area contributed by atoms with Crippen LogP contribution in [-0.4, -0.2) is 39.9 Å². The molecule has 1 amide bonds. The molecule has 2 rings (SSSR count). The molecule has 0 aromatic carbocycles. The number of hydrogen-bond acceptors (Lipinski definition) is 4. The van der Waals surface area contributed by atoms with Gasteiger partial charge < -0.3 is 4.90 Å². The minimum Gasteiger partial charge on any atom is -0.331 e. The monoisotopic (exact) mass is 233 g/mol. The summed E-state index contributed by atoms with van der Waals surface area (Å²) in [5.41, 5.74) is 1.87. The third-order valence-corrected chi connectivity index (χ3v) is 2.87. The van der Waals surface area contributed by atoms with Gasteiger partial charge in [-0.3, -0.25) is 9.59 Å². The summed E-state index contributed by atoms with van der Waals surface area (Å²) >= 11 is 0. The highest BCUT2D eigenvalue weighted by atomic mass is 16.2. The van der Waals surface area contributed by atoms with Gasteiger partial charge in [0.1, 0.15) is 0 Å². The average Bonchev–Trinajstić information content (AvgIpc) is 2.31. The van der Waals surface area contributed by atoms with E-state index in [0.29, 0.717) is 29.9 Å². The maximum Gasteiger partial charge on any atom is 0.256 e. The van der Waals surface area contributed by atoms with Crippen LogP contribution in [0.4, 0.5) is 0 Å². The van der Waals surface area contributed by atoms with Crippen LogP contribution in [0.3, 0.4) is 0 Å². The van der Waals surface area contributed by atoms with Gasteiger partial charge in [-0.15, -0.1) is 0 Å². The summed E-state index contributed by atoms with van der Waals surface area (Å²) in [6.45, 7) is 4.42. The van der Waals surface area contributed by atoms with E-state index in [-0.39, 0.29) is 18.2 Å². The number of aryl methyl sites for hydroxylation is 2. The lowest BCUT2D eigenvalue weighted by molar-refractivity contribution is -0.121. The van der Waals surface area contributed by atoms with E-state index in [9.17, 15) is 9.59 Å². The number of nitrogens with zero attached hydrogens (tertiary/aromatic N) is 3. The fourth-order valence-corrected chi connectivity index (χ4v) is 1.95. The molecule has 17 heavy (non-hydrogen) atoms. The maximum absolute atomic E-state index is 12.2. The number of piperidine rings is 1. The van der Waals surface area contributed by atoms with E-state index in [4.69, 9.17) is 0 Å². The minimum atomic E-state index is -0.117. The molecule has 0 spiro atoms. The topological polar surface area (TPSA) is 63.2 Å². The summed E-state index contributed by atoms with van der Waals surface area (Å²) in [7, 11) is 0. The molecule has 1 aromatic rings. The number of hydrogen-bond donors (Lipinski definition) is 0. The van der Waals surface area contributed by atoms with Crippen LogP contribution >= 0.6 is 0 Å². The lowest BCUT2D eigenvalue weighted by atomic mass is 10.1. The Morgan fingerprint density at radius 2 is 2.12 bits per heavy atom. The molecule has 1 aromatic heterocycles. The van der Waals surface area contributed by atoms with Gasteiger partial charge in [-0.25, -0.2) is 0 Å². The fourth-order valence-electron chi connectivity index (χ4n) is 1.95. The van der Waals surface area contributed by atoms with Gasteiger partial charge in [-0.2, -0.15) is 10.2 Å². The Morgan fingerprint density at radius 1 is 1.35 bits per heavy atom. The molecule has 0 saturated carbocycles. The minimum absolute atomic E-state index is 0.117. The molecule has 1 fully saturated rings. The molecular formula is C12H15N3O2. The number of likely N-dealkylation sites (tertiary alicyclic amines) is 1. The first-order valence-corrected chi connectivity index (χ1v) is 5.70. The van der Waals surface area contributed by atoms with Crippen LogP contribution < -0.4 is 0 Å². The van der Waals surface area contributed by atoms with Crippen molar-refractivity contribution in [3.8, 4) is 0 Å². The third kappa shape index (κ3) is 2.49. The van der Waals surface area contributed by atoms with E-state index >= 15 is 0 Å². The van der Waals surface area contributed by atoms with E-state index in [2.05, 4.69) is 10.2 Å². The Kier molecular flexibility index (Phi) is 3.17. The number of ketones is 1. The maximum atomic E-state index is 12.2. The lowest BCUT2D eigenvalue weighted by Crippen LogP contribution is -2.40. The molecule has 0 unspecified atom stereocenters. The van der Waals surface area contributed by atoms with Crippen LogP contribution in [0.5, 0.6) is 0 Å². The number of amides is 1. The van der Waals surface area contributed by atoms with Gasteiger partial charge in [0.25, 0.3) is 5.91 Å². The quantitative estimate of drug-likeness (QED) is 0.723. The van der Waals surface area contributed by atoms with Crippen molar-refractivity contribution < 1.29 is 9.59 Å². The third-order valence-electron chi connectivity index (χ3n) is 2.87. The molecule has 5 heteroatoms. The van der Waals surface area contributed by atoms with Crippen LogP contribution in [0, 0.1) is 13.8 Å². The van der Waals surface area contributed by atoms with E-state index < -0.39 is 0 Å². The zero-order valence-corrected chi connectivity index (χ0v) is 10.1. The van der Waals surface area contributed by atoms with E-state index in [1.54, 1.807) is 24.8 Å². The highest BCUT2D eigenvalue weighted by Crippen LogP contribution is 2.13. The van der Waals surface area contributed by atoms with Crippen LogP contribution in [0.1, 0.15) is 34.6 Å². The van der Waals surface area contributed by atoms with Gasteiger partial charge in [0.2, 0.25) is 0 Å². The number of Topliss-reactive ketones (excluding diaryl/α,β-unsaturated/α-hetero) is 1. The van der Waals surface area contributed by atoms with Crippen molar-refractivity contribution in [2.75, 3.05) is 13.1 Å². The Morgan fingerprint density at radius 3 is 2.82 bits per heavy atom. The van der Waals surface area contributed by atoms with Gasteiger partial charge in [-0.1, -0.05) is 0 Å². The molecule has 1 aliphatic heterocycles. The van der Waals surface area contributed by atoms with E-state index in [1.807, 2.05) is 0 Å². The molecule has 1 saturated heterocycles. The highest BCUT2D eigenvalue weighted by molar-refractivity contribution is 5.98. The Labute approximate surface area is 99.8 Å². The van der Waals surface area contributed by atoms with Crippen molar-refractivity contribution in [2.45, 2.75) is 26.7 Å². The number of aromatic nitrogens is 2. The predicted molar refractivity (Wildman–Crippen MR) is 61.7 cm³/mol. The fraction of sp³-hybridized carbons (Fsp3) is 0.500. The Bertz CT molecular complexity index is 471. The first kappa shape index (κ1) is 11.7. The number of carbonyl (C=O) groups is 2. The largest absolute Gasteiger partial charge is 0.331 e. The second-order valence-corrected chi connectivity index (χ2v) is 4.35. The molecule has 0 bridgehead atoms. The number of carbonyl (C=O) groups excluding carboxylic acids is 2. The SMILES string of the molecule is Cc1cc(C(=O)N2CCCC(=O)C2)c(C)nn1. The zero-order valence-electron chi connectivity index (χ0n) is 10.1. The molecule has 1 aliphatic rings. The van der Waals surface area contributed by atoms with Gasteiger partial charge in [0.05, 0.1) is 23.5 Å². The zero-order chi connectivity index (χ0) is 12.4. The first-order valence-electron chi connectivity index (χ1n) is 5.70. The van der Waals surface area contributed by atoms with Crippen molar-refractivity contribution in [3.05, 3.63) is 23.0 Å². The van der Waals surface area contributed by atoms with Gasteiger partial charge in [0.15, 0.2) is 5.78 Å². The molecule has 0 N–H and O–H groups in total. The molecular weight excluding hydrogens is 218 g/mol. The molecule has 5 nitrogen and oxygen atoms in total. The average molecular weight is 233 g/mol. The summed E-state index contributed by atoms with van der Waals surface area (Å²) in [5, 5.41) is 7.83. The van der Waals surface area contributed by atoms with Crippen molar-refractivity contribution in [2.24, 2.45) is 0 Å². The first-order chi connectivity index (χ1) is 8.08. The van der Waals surface area contributed by atoms with Gasteiger partial charge in [0, 0.05) is 13.0 Å². The van der Waals surface area contributed by atoms with Crippen LogP contribution in [0.25, 0.3) is 0 Å². The van der Waals surface area contributed by atoms with Crippen LogP contribution in [-0.2, 0) is 4.79 Å². The van der Waals surface area contributed by atoms with Crippen LogP contribution in [0.15, 0.2) is 6.07 Å². The van der Waals surface area contributed by atoms with Crippen molar-refractivity contribution >= 4 is 11.7 Å². The molecule has 0 aliphatic carbocycles. The summed E-state index contributed by atoms with van der Waals surface area (Å²) in [6, 6.07) is 1.73.